The van der Waals surface area contributed by atoms with Gasteiger partial charge >= 0.3 is 6.03 Å². The lowest BCUT2D eigenvalue weighted by Crippen LogP contribution is -2.45. The molecule has 0 spiro atoms. The molecule has 4 nitrogen and oxygen atoms in total. The standard InChI is InChI=1S/C11H23N3O/c1-4-14(5-2)11(15)13(3)9-10-7-6-8-12-10/h10,12H,4-9H2,1-3H3. The summed E-state index contributed by atoms with van der Waals surface area (Å²) in [5.41, 5.74) is 0. The molecule has 88 valence electrons. The maximum Gasteiger partial charge on any atom is 0.319 e. The van der Waals surface area contributed by atoms with Crippen LogP contribution in [0.2, 0.25) is 0 Å². The van der Waals surface area contributed by atoms with Gasteiger partial charge in [0.05, 0.1) is 0 Å². The Morgan fingerprint density at radius 1 is 1.40 bits per heavy atom. The van der Waals surface area contributed by atoms with Gasteiger partial charge in [-0.15, -0.1) is 0 Å². The number of rotatable bonds is 4. The van der Waals surface area contributed by atoms with Crippen molar-refractivity contribution in [2.45, 2.75) is 32.7 Å². The fourth-order valence-corrected chi connectivity index (χ4v) is 2.06. The molecule has 1 fully saturated rings. The predicted octanol–water partition coefficient (Wildman–Crippen LogP) is 1.13. The molecule has 2 amide bonds. The van der Waals surface area contributed by atoms with E-state index < -0.39 is 0 Å². The van der Waals surface area contributed by atoms with Crippen molar-refractivity contribution in [2.24, 2.45) is 0 Å². The number of amides is 2. The third kappa shape index (κ3) is 3.38. The second kappa shape index (κ2) is 5.95. The zero-order valence-corrected chi connectivity index (χ0v) is 10.1. The summed E-state index contributed by atoms with van der Waals surface area (Å²) >= 11 is 0. The molecule has 0 aromatic carbocycles. The lowest BCUT2D eigenvalue weighted by atomic mass is 10.2. The van der Waals surface area contributed by atoms with E-state index in [1.807, 2.05) is 30.7 Å². The molecule has 1 saturated heterocycles. The average Bonchev–Trinajstić information content (AvgIpc) is 2.72. The normalized spacial score (nSPS) is 20.3. The summed E-state index contributed by atoms with van der Waals surface area (Å²) in [5.74, 6) is 0. The maximum absolute atomic E-state index is 11.9. The zero-order chi connectivity index (χ0) is 11.3. The number of urea groups is 1. The quantitative estimate of drug-likeness (QED) is 0.760. The molecule has 0 bridgehead atoms. The molecule has 1 unspecified atom stereocenters. The van der Waals surface area contributed by atoms with Crippen molar-refractivity contribution in [3.63, 3.8) is 0 Å². The van der Waals surface area contributed by atoms with E-state index in [1.54, 1.807) is 0 Å². The van der Waals surface area contributed by atoms with Crippen LogP contribution >= 0.6 is 0 Å². The fraction of sp³-hybridized carbons (Fsp3) is 0.909. The summed E-state index contributed by atoms with van der Waals surface area (Å²) in [6, 6.07) is 0.642. The molecule has 1 heterocycles. The van der Waals surface area contributed by atoms with Crippen LogP contribution in [-0.4, -0.2) is 55.1 Å². The highest BCUT2D eigenvalue weighted by atomic mass is 16.2. The second-order valence-electron chi connectivity index (χ2n) is 4.13. The summed E-state index contributed by atoms with van der Waals surface area (Å²) in [6.07, 6.45) is 2.42. The first kappa shape index (κ1) is 12.3. The lowest BCUT2D eigenvalue weighted by molar-refractivity contribution is 0.164. The Bertz CT molecular complexity index is 198. The first-order valence-corrected chi connectivity index (χ1v) is 5.92. The van der Waals surface area contributed by atoms with E-state index in [0.717, 1.165) is 26.2 Å². The Balaban J connectivity index is 2.37. The first-order valence-electron chi connectivity index (χ1n) is 5.92. The van der Waals surface area contributed by atoms with Crippen molar-refractivity contribution < 1.29 is 4.79 Å². The molecule has 1 aliphatic rings. The van der Waals surface area contributed by atoms with Crippen LogP contribution < -0.4 is 5.32 Å². The molecular formula is C11H23N3O. The molecule has 1 N–H and O–H groups in total. The highest BCUT2D eigenvalue weighted by molar-refractivity contribution is 5.74. The number of likely N-dealkylation sites (N-methyl/N-ethyl adjacent to an activating group) is 1. The molecule has 1 aliphatic heterocycles. The van der Waals surface area contributed by atoms with E-state index in [2.05, 4.69) is 5.32 Å². The van der Waals surface area contributed by atoms with Crippen molar-refractivity contribution in [3.05, 3.63) is 0 Å². The number of hydrogen-bond donors (Lipinski definition) is 1. The van der Waals surface area contributed by atoms with Gasteiger partial charge in [0.1, 0.15) is 0 Å². The Morgan fingerprint density at radius 2 is 2.07 bits per heavy atom. The molecule has 15 heavy (non-hydrogen) atoms. The van der Waals surface area contributed by atoms with Crippen LogP contribution in [0.3, 0.4) is 0 Å². The van der Waals surface area contributed by atoms with E-state index in [9.17, 15) is 4.79 Å². The van der Waals surface area contributed by atoms with Crippen LogP contribution in [-0.2, 0) is 0 Å². The van der Waals surface area contributed by atoms with Crippen molar-refractivity contribution in [1.29, 1.82) is 0 Å². The van der Waals surface area contributed by atoms with Crippen LogP contribution in [0.1, 0.15) is 26.7 Å². The van der Waals surface area contributed by atoms with Gasteiger partial charge in [-0.1, -0.05) is 0 Å². The smallest absolute Gasteiger partial charge is 0.319 e. The lowest BCUT2D eigenvalue weighted by Gasteiger charge is -2.28. The summed E-state index contributed by atoms with van der Waals surface area (Å²) in [4.78, 5) is 15.6. The van der Waals surface area contributed by atoms with Gasteiger partial charge in [0.25, 0.3) is 0 Å². The molecule has 0 saturated carbocycles. The minimum absolute atomic E-state index is 0.147. The average molecular weight is 213 g/mol. The molecular weight excluding hydrogens is 190 g/mol. The van der Waals surface area contributed by atoms with Gasteiger partial charge < -0.3 is 15.1 Å². The Kier molecular flexibility index (Phi) is 4.88. The van der Waals surface area contributed by atoms with Gasteiger partial charge in [0.2, 0.25) is 0 Å². The highest BCUT2D eigenvalue weighted by Crippen LogP contribution is 2.07. The third-order valence-electron chi connectivity index (χ3n) is 3.02. The minimum Gasteiger partial charge on any atom is -0.326 e. The van der Waals surface area contributed by atoms with E-state index in [-0.39, 0.29) is 6.03 Å². The number of carbonyl (C=O) groups excluding carboxylic acids is 1. The van der Waals surface area contributed by atoms with Crippen LogP contribution in [0.5, 0.6) is 0 Å². The molecule has 1 rings (SSSR count). The van der Waals surface area contributed by atoms with Crippen molar-refractivity contribution in [2.75, 3.05) is 33.2 Å². The topological polar surface area (TPSA) is 35.6 Å². The van der Waals surface area contributed by atoms with Crippen LogP contribution in [0, 0.1) is 0 Å². The Labute approximate surface area is 92.6 Å². The van der Waals surface area contributed by atoms with E-state index >= 15 is 0 Å². The van der Waals surface area contributed by atoms with Crippen molar-refractivity contribution >= 4 is 6.03 Å². The summed E-state index contributed by atoms with van der Waals surface area (Å²) in [7, 11) is 1.89. The van der Waals surface area contributed by atoms with Gasteiger partial charge in [0, 0.05) is 32.7 Å². The van der Waals surface area contributed by atoms with E-state index in [1.165, 1.54) is 12.8 Å². The second-order valence-corrected chi connectivity index (χ2v) is 4.13. The first-order chi connectivity index (χ1) is 7.19. The van der Waals surface area contributed by atoms with Crippen molar-refractivity contribution in [3.8, 4) is 0 Å². The Hall–Kier alpha value is -0.770. The molecule has 0 aliphatic carbocycles. The number of nitrogens with one attached hydrogen (secondary N) is 1. The van der Waals surface area contributed by atoms with Gasteiger partial charge in [-0.2, -0.15) is 0 Å². The largest absolute Gasteiger partial charge is 0.326 e. The number of hydrogen-bond acceptors (Lipinski definition) is 2. The van der Waals surface area contributed by atoms with Gasteiger partial charge in [-0.25, -0.2) is 4.79 Å². The van der Waals surface area contributed by atoms with Crippen LogP contribution in [0.25, 0.3) is 0 Å². The van der Waals surface area contributed by atoms with E-state index in [0.29, 0.717) is 6.04 Å². The fourth-order valence-electron chi connectivity index (χ4n) is 2.06. The Morgan fingerprint density at radius 3 is 2.53 bits per heavy atom. The molecule has 0 aromatic rings. The maximum atomic E-state index is 11.9. The minimum atomic E-state index is 0.147. The van der Waals surface area contributed by atoms with Gasteiger partial charge in [0.15, 0.2) is 0 Å². The van der Waals surface area contributed by atoms with Gasteiger partial charge in [-0.3, -0.25) is 0 Å². The van der Waals surface area contributed by atoms with Gasteiger partial charge in [-0.05, 0) is 33.2 Å². The summed E-state index contributed by atoms with van der Waals surface area (Å²) in [6.45, 7) is 7.54. The number of nitrogens with zero attached hydrogens (tertiary/aromatic N) is 2. The molecule has 1 atom stereocenters. The monoisotopic (exact) mass is 213 g/mol. The van der Waals surface area contributed by atoms with Crippen LogP contribution in [0.15, 0.2) is 0 Å². The third-order valence-corrected chi connectivity index (χ3v) is 3.02. The zero-order valence-electron chi connectivity index (χ0n) is 10.1. The SMILES string of the molecule is CCN(CC)C(=O)N(C)CC1CCCN1. The summed E-state index contributed by atoms with van der Waals surface area (Å²) < 4.78 is 0. The molecule has 0 radical (unpaired) electrons. The predicted molar refractivity (Wildman–Crippen MR) is 62.0 cm³/mol. The summed E-state index contributed by atoms with van der Waals surface area (Å²) in [5, 5.41) is 3.40. The van der Waals surface area contributed by atoms with Crippen LogP contribution in [0.4, 0.5) is 4.79 Å². The van der Waals surface area contributed by atoms with Crippen molar-refractivity contribution in [1.82, 2.24) is 15.1 Å². The van der Waals surface area contributed by atoms with E-state index in [4.69, 9.17) is 0 Å². The number of carbonyl (C=O) groups is 1. The molecule has 0 aromatic heterocycles. The molecule has 4 heteroatoms. The highest BCUT2D eigenvalue weighted by Gasteiger charge is 2.20.